The van der Waals surface area contributed by atoms with Gasteiger partial charge in [0.15, 0.2) is 0 Å². The molecule has 43 heavy (non-hydrogen) atoms. The van der Waals surface area contributed by atoms with Gasteiger partial charge in [-0.1, -0.05) is 51.7 Å². The molecule has 10 nitrogen and oxygen atoms in total. The van der Waals surface area contributed by atoms with Crippen LogP contribution in [0.4, 0.5) is 0 Å². The second kappa shape index (κ2) is 14.4. The fraction of sp³-hybridized carbons (Fsp3) is 0.758. The van der Waals surface area contributed by atoms with Crippen molar-refractivity contribution in [2.24, 2.45) is 17.8 Å². The number of likely N-dealkylation sites (tertiary alicyclic amines) is 1. The number of aliphatic hydroxyl groups is 1. The molecule has 10 heteroatoms. The summed E-state index contributed by atoms with van der Waals surface area (Å²) in [4.78, 5) is 58.3. The molecule has 0 aromatic rings. The van der Waals surface area contributed by atoms with E-state index in [0.29, 0.717) is 38.6 Å². The fourth-order valence-corrected chi connectivity index (χ4v) is 7.82. The van der Waals surface area contributed by atoms with Crippen molar-refractivity contribution >= 4 is 23.7 Å². The molecule has 1 saturated carbocycles. The molecule has 3 amide bonds. The topological polar surface area (TPSA) is 125 Å². The number of ether oxygens (including phenoxy) is 2. The zero-order valence-electron chi connectivity index (χ0n) is 26.2. The lowest BCUT2D eigenvalue weighted by molar-refractivity contribution is -0.160. The van der Waals surface area contributed by atoms with Gasteiger partial charge < -0.3 is 29.7 Å². The second-order valence-corrected chi connectivity index (χ2v) is 12.9. The largest absolute Gasteiger partial charge is 0.460 e. The first-order valence-electron chi connectivity index (χ1n) is 16.2. The van der Waals surface area contributed by atoms with E-state index in [9.17, 15) is 24.3 Å². The van der Waals surface area contributed by atoms with Crippen molar-refractivity contribution in [3.63, 3.8) is 0 Å². The third-order valence-corrected chi connectivity index (χ3v) is 10.2. The van der Waals surface area contributed by atoms with Crippen LogP contribution in [0, 0.1) is 17.8 Å². The summed E-state index contributed by atoms with van der Waals surface area (Å²) in [6.07, 6.45) is 9.83. The number of fused-ring (bicyclic) bond motifs is 1. The van der Waals surface area contributed by atoms with E-state index in [-0.39, 0.29) is 42.8 Å². The van der Waals surface area contributed by atoms with Crippen molar-refractivity contribution in [2.45, 2.75) is 121 Å². The summed E-state index contributed by atoms with van der Waals surface area (Å²) in [5.41, 5.74) is -1.17. The van der Waals surface area contributed by atoms with Gasteiger partial charge in [0.05, 0.1) is 37.1 Å². The molecular weight excluding hydrogens is 550 g/mol. The molecule has 3 heterocycles. The number of esters is 1. The van der Waals surface area contributed by atoms with Gasteiger partial charge in [0.25, 0.3) is 0 Å². The average molecular weight is 602 g/mol. The summed E-state index contributed by atoms with van der Waals surface area (Å²) in [6, 6.07) is -1.49. The average Bonchev–Trinajstić information content (AvgIpc) is 3.65. The molecule has 3 saturated heterocycles. The zero-order chi connectivity index (χ0) is 31.3. The minimum absolute atomic E-state index is 0.0460. The molecule has 240 valence electrons. The lowest BCUT2D eigenvalue weighted by atomic mass is 9.70. The quantitative estimate of drug-likeness (QED) is 0.218. The highest BCUT2D eigenvalue weighted by Crippen LogP contribution is 2.59. The van der Waals surface area contributed by atoms with Gasteiger partial charge in [-0.05, 0) is 44.9 Å². The van der Waals surface area contributed by atoms with Gasteiger partial charge in [-0.3, -0.25) is 19.2 Å². The van der Waals surface area contributed by atoms with Gasteiger partial charge in [-0.25, -0.2) is 0 Å². The molecule has 2 bridgehead atoms. The van der Waals surface area contributed by atoms with Crippen LogP contribution in [0.5, 0.6) is 0 Å². The Morgan fingerprint density at radius 2 is 1.91 bits per heavy atom. The number of carbonyl (C=O) groups is 4. The third-order valence-electron chi connectivity index (χ3n) is 10.2. The highest BCUT2D eigenvalue weighted by atomic mass is 16.6. The highest BCUT2D eigenvalue weighted by Gasteiger charge is 2.76. The van der Waals surface area contributed by atoms with Crippen molar-refractivity contribution in [1.29, 1.82) is 0 Å². The Labute approximate surface area is 256 Å². The van der Waals surface area contributed by atoms with Crippen LogP contribution in [0.2, 0.25) is 0 Å². The predicted octanol–water partition coefficient (Wildman–Crippen LogP) is 3.13. The van der Waals surface area contributed by atoms with E-state index in [2.05, 4.69) is 18.5 Å². The van der Waals surface area contributed by atoms with E-state index in [1.165, 1.54) is 0 Å². The normalized spacial score (nSPS) is 30.3. The number of carbonyl (C=O) groups excluding carboxylic acids is 4. The zero-order valence-corrected chi connectivity index (χ0v) is 26.2. The summed E-state index contributed by atoms with van der Waals surface area (Å²) in [7, 11) is 0. The molecular formula is C33H51N3O7. The van der Waals surface area contributed by atoms with Crippen LogP contribution in [-0.4, -0.2) is 94.2 Å². The summed E-state index contributed by atoms with van der Waals surface area (Å²) in [5.74, 6) is -3.03. The van der Waals surface area contributed by atoms with Crippen molar-refractivity contribution in [1.82, 2.24) is 15.1 Å². The third kappa shape index (κ3) is 6.41. The van der Waals surface area contributed by atoms with E-state index in [1.54, 1.807) is 24.0 Å². The minimum Gasteiger partial charge on any atom is -0.460 e. The van der Waals surface area contributed by atoms with Gasteiger partial charge in [-0.15, -0.1) is 13.2 Å². The van der Waals surface area contributed by atoms with Crippen molar-refractivity contribution in [2.75, 3.05) is 19.7 Å². The minimum atomic E-state index is -1.17. The number of allylic oxidation sites excluding steroid dienone is 1. The maximum Gasteiger partial charge on any atom is 0.312 e. The van der Waals surface area contributed by atoms with Crippen molar-refractivity contribution < 1.29 is 33.8 Å². The van der Waals surface area contributed by atoms with Gasteiger partial charge in [0, 0.05) is 19.0 Å². The molecule has 4 fully saturated rings. The smallest absolute Gasteiger partial charge is 0.312 e. The van der Waals surface area contributed by atoms with E-state index >= 15 is 0 Å². The van der Waals surface area contributed by atoms with Gasteiger partial charge in [0.2, 0.25) is 17.7 Å². The maximum absolute atomic E-state index is 14.7. The van der Waals surface area contributed by atoms with Gasteiger partial charge in [0.1, 0.15) is 17.7 Å². The Balaban J connectivity index is 1.63. The van der Waals surface area contributed by atoms with Crippen LogP contribution < -0.4 is 5.32 Å². The summed E-state index contributed by atoms with van der Waals surface area (Å²) < 4.78 is 12.4. The van der Waals surface area contributed by atoms with E-state index < -0.39 is 47.7 Å². The molecule has 3 aliphatic heterocycles. The summed E-state index contributed by atoms with van der Waals surface area (Å²) >= 11 is 0. The van der Waals surface area contributed by atoms with E-state index in [0.717, 1.165) is 32.1 Å². The summed E-state index contributed by atoms with van der Waals surface area (Å²) in [6.45, 7) is 13.4. The van der Waals surface area contributed by atoms with Crippen LogP contribution in [-0.2, 0) is 28.7 Å². The van der Waals surface area contributed by atoms with E-state index in [1.807, 2.05) is 18.7 Å². The monoisotopic (exact) mass is 601 g/mol. The molecule has 0 unspecified atom stereocenters. The number of aliphatic hydroxyl groups excluding tert-OH is 1. The molecule has 8 atom stereocenters. The van der Waals surface area contributed by atoms with Gasteiger partial charge >= 0.3 is 5.97 Å². The molecule has 0 aromatic heterocycles. The Hall–Kier alpha value is -2.72. The number of rotatable bonds is 15. The number of hydrogen-bond donors (Lipinski definition) is 2. The Bertz CT molecular complexity index is 1060. The van der Waals surface area contributed by atoms with Crippen LogP contribution in [0.3, 0.4) is 0 Å². The fourth-order valence-electron chi connectivity index (χ4n) is 7.82. The number of nitrogens with one attached hydrogen (secondary N) is 1. The molecule has 0 radical (unpaired) electrons. The van der Waals surface area contributed by atoms with Crippen molar-refractivity contribution in [3.8, 4) is 0 Å². The molecule has 1 spiro atoms. The Morgan fingerprint density at radius 3 is 2.53 bits per heavy atom. The maximum atomic E-state index is 14.7. The lowest BCUT2D eigenvalue weighted by Gasteiger charge is -2.43. The molecule has 0 aromatic carbocycles. The first-order valence-corrected chi connectivity index (χ1v) is 16.2. The first kappa shape index (κ1) is 33.2. The molecule has 1 aliphatic carbocycles. The number of nitrogens with zero attached hydrogens (tertiary/aromatic N) is 2. The van der Waals surface area contributed by atoms with Gasteiger partial charge in [-0.2, -0.15) is 0 Å². The van der Waals surface area contributed by atoms with E-state index in [4.69, 9.17) is 9.47 Å². The SMILES string of the molecule is C=CCCC(=O)NC[C@H](C)OC(=O)[C@@H]1[C@H]2C(=O)N([C@@H](CO)[C@@H](C)CC)[C@H](C(=O)N(CC=C)C3CCCCC3)[C@]23CC[C@H]1O3. The highest BCUT2D eigenvalue weighted by molar-refractivity contribution is 5.98. The second-order valence-electron chi connectivity index (χ2n) is 12.9. The van der Waals surface area contributed by atoms with Crippen LogP contribution in [0.25, 0.3) is 0 Å². The Morgan fingerprint density at radius 1 is 1.19 bits per heavy atom. The molecule has 4 aliphatic rings. The van der Waals surface area contributed by atoms with Crippen molar-refractivity contribution in [3.05, 3.63) is 25.3 Å². The summed E-state index contributed by atoms with van der Waals surface area (Å²) in [5, 5.41) is 13.3. The number of amides is 3. The lowest BCUT2D eigenvalue weighted by Crippen LogP contribution is -2.61. The molecule has 4 rings (SSSR count). The number of hydrogen-bond acceptors (Lipinski definition) is 7. The van der Waals surface area contributed by atoms with Crippen LogP contribution in [0.1, 0.15) is 85.0 Å². The predicted molar refractivity (Wildman–Crippen MR) is 162 cm³/mol. The molecule has 2 N–H and O–H groups in total. The standard InChI is InChI=1S/C33H51N3O7/c1-6-9-15-26(38)34-19-22(5)42-32(41)27-25-16-17-33(43-25)28(27)30(39)36(24(20-37)21(4)8-3)29(33)31(40)35(18-7-2)23-13-11-10-12-14-23/h6-7,21-25,27-29,37H,1-2,8-20H2,3-5H3,(H,34,38)/t21-,22-,24-,25+,27-,28-,29+,33-/m0/s1. The Kier molecular flexibility index (Phi) is 11.1. The first-order chi connectivity index (χ1) is 20.6. The van der Waals surface area contributed by atoms with Crippen LogP contribution in [0.15, 0.2) is 25.3 Å². The van der Waals surface area contributed by atoms with Crippen LogP contribution >= 0.6 is 0 Å².